The minimum Gasteiger partial charge on any atom is -0.464 e. The lowest BCUT2D eigenvalue weighted by atomic mass is 10.2. The number of amidine groups is 2. The molecule has 2 amide bonds. The molecule has 2 saturated heterocycles. The standard InChI is InChI=1S/2C13H25N3O5.2C12H21N3O4.2C6H11N3O2.4C5H8N2O2/c2*1-12(2,3)20-9(17)8-16(7)10(15-19)14-11(18)21-13(4,5)6;2*1-3-4-5-6-7-8-18-10(16)9-15(2)11-13-12(17)19-14-11;2*1-3-4-9(2)5-7-6(10)11-8-5;4*1-4-6-9-5(8)3-7(4)2/h2*19H,8H2,1-7H3,(H,14,15,18);2*3-9H2,1-2H3,(H,13,14,17);2*3-4H2,1-2H3,(H,7,8,10);2*3H2,1-2H3;2*6H,1,3H2,2H3/i7D3;;2D3;;2D3;;2D3;;2D3;. The van der Waals surface area contributed by atoms with Crippen LogP contribution >= 0.6 is 0 Å². The van der Waals surface area contributed by atoms with Gasteiger partial charge in [0, 0.05) is 104 Å². The number of aromatic amines is 4. The molecule has 0 unspecified atom stereocenters. The first-order valence-corrected chi connectivity index (χ1v) is 42.4. The molecule has 4 aliphatic heterocycles. The summed E-state index contributed by atoms with van der Waals surface area (Å²) < 4.78 is 155. The molecular formula is C82H146N26O30. The quantitative estimate of drug-likeness (QED) is 0.00542. The van der Waals surface area contributed by atoms with E-state index in [0.717, 1.165) is 78.4 Å². The topological polar surface area (TPSA) is 669 Å². The number of nitrogens with one attached hydrogen (secondary N) is 8. The Hall–Kier alpha value is -14.6. The number of ether oxygens (including phenoxy) is 6. The fourth-order valence-corrected chi connectivity index (χ4v) is 8.83. The molecule has 0 spiro atoms. The van der Waals surface area contributed by atoms with Crippen molar-refractivity contribution in [2.45, 2.75) is 224 Å². The van der Waals surface area contributed by atoms with Crippen molar-refractivity contribution < 1.29 is 145 Å². The lowest BCUT2D eigenvalue weighted by Crippen LogP contribution is -2.46. The van der Waals surface area contributed by atoms with Gasteiger partial charge in [-0.15, -0.1) is 0 Å². The van der Waals surface area contributed by atoms with E-state index in [1.165, 1.54) is 43.0 Å². The van der Waals surface area contributed by atoms with Crippen LogP contribution < -0.4 is 64.2 Å². The number of alkyl carbamates (subject to hydrolysis) is 2. The summed E-state index contributed by atoms with van der Waals surface area (Å²) in [6.45, 7) is 26.1. The van der Waals surface area contributed by atoms with Crippen LogP contribution in [0.25, 0.3) is 0 Å². The van der Waals surface area contributed by atoms with Crippen LogP contribution in [0.15, 0.2) is 82.7 Å². The normalized spacial score (nSPS) is 15.3. The van der Waals surface area contributed by atoms with Crippen molar-refractivity contribution in [1.82, 2.24) is 91.6 Å². The van der Waals surface area contributed by atoms with E-state index in [9.17, 15) is 67.1 Å². The van der Waals surface area contributed by atoms with Gasteiger partial charge in [0.05, 0.1) is 13.2 Å². The number of aromatic nitrogens is 8. The van der Waals surface area contributed by atoms with Gasteiger partial charge in [0.15, 0.2) is 0 Å². The highest BCUT2D eigenvalue weighted by Crippen LogP contribution is 2.14. The van der Waals surface area contributed by atoms with Crippen LogP contribution in [0.1, 0.15) is 222 Å². The Kier molecular flexibility index (Phi) is 47.5. The minimum absolute atomic E-state index is 0.0252. The summed E-state index contributed by atoms with van der Waals surface area (Å²) in [4.78, 5) is 193. The van der Waals surface area contributed by atoms with Crippen molar-refractivity contribution in [1.29, 1.82) is 0 Å². The number of esters is 4. The number of hydroxylamine groups is 2. The van der Waals surface area contributed by atoms with Gasteiger partial charge in [-0.25, -0.2) is 58.9 Å². The Morgan fingerprint density at radius 1 is 0.428 bits per heavy atom. The number of hydrogen-bond acceptors (Lipinski definition) is 48. The minimum atomic E-state index is -2.87. The molecule has 0 saturated carbocycles. The van der Waals surface area contributed by atoms with Crippen LogP contribution in [0.4, 0.5) is 33.4 Å². The van der Waals surface area contributed by atoms with Gasteiger partial charge in [-0.2, -0.15) is 0 Å². The maximum absolute atomic E-state index is 11.9. The zero-order valence-corrected chi connectivity index (χ0v) is 82.3. The van der Waals surface area contributed by atoms with Gasteiger partial charge in [0.2, 0.25) is 35.7 Å². The van der Waals surface area contributed by atoms with E-state index in [1.54, 1.807) is 121 Å². The van der Waals surface area contributed by atoms with E-state index in [-0.39, 0.29) is 99.2 Å². The van der Waals surface area contributed by atoms with Crippen molar-refractivity contribution in [3.63, 3.8) is 0 Å². The third kappa shape index (κ3) is 62.8. The number of likely N-dealkylation sites (N-methyl/N-ethyl adjacent to an activating group) is 8. The van der Waals surface area contributed by atoms with Gasteiger partial charge in [-0.05, 0) is 143 Å². The number of H-pyrrole nitrogens is 4. The number of rotatable bonds is 28. The van der Waals surface area contributed by atoms with Crippen LogP contribution in [-0.4, -0.2) is 335 Å². The molecule has 2 fully saturated rings. The Balaban J connectivity index is 0. The Bertz CT molecular complexity index is 5310. The van der Waals surface area contributed by atoms with Crippen LogP contribution in [0.2, 0.25) is 0 Å². The Labute approximate surface area is 821 Å². The highest BCUT2D eigenvalue weighted by Gasteiger charge is 2.27. The molecule has 4 aromatic rings. The number of oxime groups is 4. The van der Waals surface area contributed by atoms with E-state index in [4.69, 9.17) is 59.4 Å². The predicted octanol–water partition coefficient (Wildman–Crippen LogP) is 4.62. The number of unbranched alkanes of at least 4 members (excludes halogenated alkanes) is 8. The van der Waals surface area contributed by atoms with Crippen molar-refractivity contribution in [3.8, 4) is 0 Å². The van der Waals surface area contributed by atoms with Crippen molar-refractivity contribution in [2.24, 2.45) is 20.6 Å². The monoisotopic (exact) mass is 1990 g/mol. The number of amides is 2. The molecule has 4 aliphatic rings. The number of hydrogen-bond donors (Lipinski definition) is 10. The SMILES string of the molecule is C=C1NOC(=O)CN1C.CC1=NOC(=O)CN1C.CCCCCCCOC(=O)CN(C)c1noc(=O)[nH]1.CCCN(C)c1noc(=O)[nH]1.CN(CC(=O)OC(C)(C)C)/C(=N\O)NC(=O)OC(C)(C)C.[2H]C([2H])([2H])N(CC(=O)OC(C)(C)C)/C(=N\O)NC(=O)OC(C)(C)C.[2H]C([2H])([2H])N(CC(=O)OCCCCCCC)c1noc(=O)[nH]1.[2H]C([2H])([2H])N(CCC)c1noc(=O)[nH]1.[2H]C([2H])([2H])N1CC(=O)ON=C1C.[2H]C([2H])([2H])N1CC(=O)ONC1=C. The average molecular weight is 1990 g/mol. The molecule has 8 rings (SSSR count). The van der Waals surface area contributed by atoms with Gasteiger partial charge < -0.3 is 107 Å². The molecule has 0 atom stereocenters. The molecule has 0 radical (unpaired) electrons. The van der Waals surface area contributed by atoms with Gasteiger partial charge in [0.1, 0.15) is 98.1 Å². The molecule has 10 N–H and O–H groups in total. The van der Waals surface area contributed by atoms with E-state index < -0.39 is 141 Å². The summed E-state index contributed by atoms with van der Waals surface area (Å²) in [6, 6.07) is 0. The second-order valence-corrected chi connectivity index (χ2v) is 32.8. The third-order valence-corrected chi connectivity index (χ3v) is 15.3. The van der Waals surface area contributed by atoms with Crippen molar-refractivity contribution >= 4 is 107 Å². The van der Waals surface area contributed by atoms with Crippen molar-refractivity contribution in [2.75, 3.05) is 168 Å². The lowest BCUT2D eigenvalue weighted by Gasteiger charge is -2.25. The number of carbonyl (C=O) groups excluding carboxylic acids is 10. The second-order valence-electron chi connectivity index (χ2n) is 32.8. The Morgan fingerprint density at radius 2 is 0.761 bits per heavy atom. The van der Waals surface area contributed by atoms with Crippen LogP contribution in [0.3, 0.4) is 0 Å². The number of nitrogens with zero attached hydrogens (tertiary/aromatic N) is 18. The van der Waals surface area contributed by atoms with Gasteiger partial charge in [-0.1, -0.05) is 113 Å². The summed E-state index contributed by atoms with van der Waals surface area (Å²) >= 11 is 0. The smallest absolute Gasteiger partial charge is 0.440 e. The zero-order chi connectivity index (χ0) is 118. The highest BCUT2D eigenvalue weighted by molar-refractivity contribution is 5.96. The van der Waals surface area contributed by atoms with Crippen molar-refractivity contribution in [3.05, 3.63) is 67.0 Å². The van der Waals surface area contributed by atoms with E-state index in [2.05, 4.69) is 149 Å². The predicted molar refractivity (Wildman–Crippen MR) is 501 cm³/mol. The first kappa shape index (κ1) is 99.4. The van der Waals surface area contributed by atoms with Crippen LogP contribution in [0.5, 0.6) is 0 Å². The molecule has 56 nitrogen and oxygen atoms in total. The Morgan fingerprint density at radius 3 is 1.09 bits per heavy atom. The van der Waals surface area contributed by atoms with Gasteiger partial charge in [0.25, 0.3) is 0 Å². The summed E-state index contributed by atoms with van der Waals surface area (Å²) in [7, 11) is 8.49. The fraction of sp³-hybridized carbons (Fsp3) is 0.683. The van der Waals surface area contributed by atoms with Gasteiger partial charge >= 0.3 is 83.0 Å². The van der Waals surface area contributed by atoms with Crippen LogP contribution in [-0.2, 0) is 86.1 Å². The third-order valence-electron chi connectivity index (χ3n) is 15.3. The number of anilines is 4. The zero-order valence-electron chi connectivity index (χ0n) is 97.3. The molecule has 784 valence electrons. The largest absolute Gasteiger partial charge is 0.464 e. The fourth-order valence-electron chi connectivity index (χ4n) is 8.83. The molecule has 0 bridgehead atoms. The molecule has 138 heavy (non-hydrogen) atoms. The van der Waals surface area contributed by atoms with Crippen LogP contribution in [0, 0.1) is 0 Å². The maximum Gasteiger partial charge on any atom is 0.440 e. The maximum atomic E-state index is 11.9. The number of carbonyl (C=O) groups is 10. The molecule has 56 heteroatoms. The lowest BCUT2D eigenvalue weighted by molar-refractivity contribution is -0.157. The van der Waals surface area contributed by atoms with Gasteiger partial charge in [-0.3, -0.25) is 67.8 Å². The van der Waals surface area contributed by atoms with E-state index in [1.807, 2.05) is 24.2 Å². The molecular weight excluding hydrogens is 1830 g/mol. The number of guanidine groups is 2. The summed E-state index contributed by atoms with van der Waals surface area (Å²) in [6.07, 6.45) is 10.4. The van der Waals surface area contributed by atoms with E-state index in [0.29, 0.717) is 41.1 Å². The molecule has 8 heterocycles. The molecule has 0 aromatic carbocycles. The average Bonchev–Trinajstić information content (AvgIpc) is 1.80. The summed E-state index contributed by atoms with van der Waals surface area (Å²) in [5.74, 6) is -6.20. The van der Waals surface area contributed by atoms with E-state index >= 15 is 0 Å². The summed E-state index contributed by atoms with van der Waals surface area (Å²) in [5, 5.41) is 48.2. The first-order chi connectivity index (χ1) is 70.3. The first-order valence-electron chi connectivity index (χ1n) is 49.9. The molecule has 0 aliphatic carbocycles. The summed E-state index contributed by atoms with van der Waals surface area (Å²) in [5.41, 5.74) is 1.50. The second kappa shape index (κ2) is 66.0. The highest BCUT2D eigenvalue weighted by atomic mass is 16.7. The molecule has 4 aromatic heterocycles.